The molecular weight excluding hydrogens is 306 g/mol. The molecule has 0 atom stereocenters. The second-order valence-electron chi connectivity index (χ2n) is 4.79. The second-order valence-corrected chi connectivity index (χ2v) is 6.66. The van der Waals surface area contributed by atoms with Crippen molar-refractivity contribution >= 4 is 21.8 Å². The van der Waals surface area contributed by atoms with Crippen molar-refractivity contribution in [3.63, 3.8) is 0 Å². The summed E-state index contributed by atoms with van der Waals surface area (Å²) in [6.07, 6.45) is 1.14. The Hall–Kier alpha value is -2.35. The number of aromatic nitrogens is 2. The smallest absolute Gasteiger partial charge is 0.341 e. The van der Waals surface area contributed by atoms with Crippen molar-refractivity contribution in [2.24, 2.45) is 7.05 Å². The van der Waals surface area contributed by atoms with Gasteiger partial charge in [-0.3, -0.25) is 4.68 Å². The molecule has 22 heavy (non-hydrogen) atoms. The molecular formula is C14H17N3O4S. The molecule has 2 rings (SSSR count). The van der Waals surface area contributed by atoms with Gasteiger partial charge in [0.15, 0.2) is 5.82 Å². The third kappa shape index (κ3) is 2.69. The van der Waals surface area contributed by atoms with Crippen LogP contribution < -0.4 is 4.31 Å². The number of aryl methyl sites for hydroxylation is 2. The van der Waals surface area contributed by atoms with Gasteiger partial charge in [-0.2, -0.15) is 5.10 Å². The van der Waals surface area contributed by atoms with E-state index in [4.69, 9.17) is 0 Å². The maximum Gasteiger partial charge on any atom is 0.341 e. The molecule has 0 bridgehead atoms. The average Bonchev–Trinajstić information content (AvgIpc) is 2.82. The SMILES string of the molecule is CCN(c1c(C(=O)O)cnn1C)S(=O)(=O)c1ccc(C)cc1. The van der Waals surface area contributed by atoms with Crippen LogP contribution >= 0.6 is 0 Å². The van der Waals surface area contributed by atoms with Crippen molar-refractivity contribution in [3.8, 4) is 0 Å². The van der Waals surface area contributed by atoms with Gasteiger partial charge in [-0.05, 0) is 26.0 Å². The Labute approximate surface area is 128 Å². The summed E-state index contributed by atoms with van der Waals surface area (Å²) in [5, 5.41) is 13.1. The third-order valence-electron chi connectivity index (χ3n) is 3.27. The number of carboxylic acid groups (broad SMARTS) is 1. The summed E-state index contributed by atoms with van der Waals surface area (Å²) in [4.78, 5) is 11.4. The zero-order valence-electron chi connectivity index (χ0n) is 12.5. The summed E-state index contributed by atoms with van der Waals surface area (Å²) in [6, 6.07) is 6.40. The molecule has 2 aromatic rings. The Balaban J connectivity index is 2.59. The highest BCUT2D eigenvalue weighted by Gasteiger charge is 2.30. The molecule has 1 heterocycles. The number of benzene rings is 1. The van der Waals surface area contributed by atoms with Crippen LogP contribution in [0.25, 0.3) is 0 Å². The molecule has 1 N–H and O–H groups in total. The van der Waals surface area contributed by atoms with Crippen LogP contribution in [-0.4, -0.2) is 35.8 Å². The highest BCUT2D eigenvalue weighted by Crippen LogP contribution is 2.26. The molecule has 0 fully saturated rings. The molecule has 0 aliphatic heterocycles. The summed E-state index contributed by atoms with van der Waals surface area (Å²) in [5.41, 5.74) is 0.786. The molecule has 0 amide bonds. The molecule has 7 nitrogen and oxygen atoms in total. The maximum atomic E-state index is 12.8. The van der Waals surface area contributed by atoms with Crippen molar-refractivity contribution < 1.29 is 18.3 Å². The van der Waals surface area contributed by atoms with Gasteiger partial charge >= 0.3 is 5.97 Å². The number of aromatic carboxylic acids is 1. The molecule has 8 heteroatoms. The van der Waals surface area contributed by atoms with Gasteiger partial charge in [-0.15, -0.1) is 0 Å². The van der Waals surface area contributed by atoms with Crippen LogP contribution in [-0.2, 0) is 17.1 Å². The molecule has 0 spiro atoms. The van der Waals surface area contributed by atoms with Gasteiger partial charge in [0.25, 0.3) is 10.0 Å². The zero-order valence-corrected chi connectivity index (χ0v) is 13.3. The molecule has 0 aliphatic carbocycles. The monoisotopic (exact) mass is 323 g/mol. The number of anilines is 1. The van der Waals surface area contributed by atoms with Gasteiger partial charge in [0, 0.05) is 13.6 Å². The molecule has 0 unspecified atom stereocenters. The standard InChI is InChI=1S/C14H17N3O4S/c1-4-17(13-12(14(18)19)9-15-16(13)3)22(20,21)11-7-5-10(2)6-8-11/h5-9H,4H2,1-3H3,(H,18,19). The van der Waals surface area contributed by atoms with E-state index >= 15 is 0 Å². The largest absolute Gasteiger partial charge is 0.477 e. The number of sulfonamides is 1. The number of carbonyl (C=O) groups is 1. The molecule has 0 saturated carbocycles. The zero-order chi connectivity index (χ0) is 16.5. The number of rotatable bonds is 5. The van der Waals surface area contributed by atoms with Crippen LogP contribution in [0, 0.1) is 6.92 Å². The summed E-state index contributed by atoms with van der Waals surface area (Å²) in [7, 11) is -2.35. The minimum absolute atomic E-state index is 0.0376. The summed E-state index contributed by atoms with van der Waals surface area (Å²) >= 11 is 0. The summed E-state index contributed by atoms with van der Waals surface area (Å²) in [6.45, 7) is 3.60. The fourth-order valence-electron chi connectivity index (χ4n) is 2.15. The molecule has 0 aliphatic rings. The molecule has 118 valence electrons. The van der Waals surface area contributed by atoms with E-state index in [2.05, 4.69) is 5.10 Å². The Morgan fingerprint density at radius 2 is 1.91 bits per heavy atom. The van der Waals surface area contributed by atoms with Crippen molar-refractivity contribution in [1.82, 2.24) is 9.78 Å². The van der Waals surface area contributed by atoms with E-state index in [0.717, 1.165) is 16.1 Å². The van der Waals surface area contributed by atoms with E-state index in [0.29, 0.717) is 0 Å². The van der Waals surface area contributed by atoms with E-state index in [9.17, 15) is 18.3 Å². The minimum atomic E-state index is -3.86. The Morgan fingerprint density at radius 3 is 2.41 bits per heavy atom. The van der Waals surface area contributed by atoms with Crippen LogP contribution in [0.5, 0.6) is 0 Å². The summed E-state index contributed by atoms with van der Waals surface area (Å²) < 4.78 is 27.9. The maximum absolute atomic E-state index is 12.8. The first-order chi connectivity index (χ1) is 10.3. The third-order valence-corrected chi connectivity index (χ3v) is 5.15. The predicted octanol–water partition coefficient (Wildman–Crippen LogP) is 1.64. The van der Waals surface area contributed by atoms with Crippen LogP contribution in [0.4, 0.5) is 5.82 Å². The normalized spacial score (nSPS) is 11.4. The second kappa shape index (κ2) is 5.80. The minimum Gasteiger partial charge on any atom is -0.477 e. The van der Waals surface area contributed by atoms with Crippen molar-refractivity contribution in [2.75, 3.05) is 10.8 Å². The Kier molecular flexibility index (Phi) is 4.23. The topological polar surface area (TPSA) is 92.5 Å². The Bertz CT molecular complexity index is 794. The van der Waals surface area contributed by atoms with Crippen molar-refractivity contribution in [3.05, 3.63) is 41.6 Å². The highest BCUT2D eigenvalue weighted by molar-refractivity contribution is 7.92. The number of hydrogen-bond acceptors (Lipinski definition) is 4. The van der Waals surface area contributed by atoms with E-state index in [-0.39, 0.29) is 22.8 Å². The van der Waals surface area contributed by atoms with Crippen LogP contribution in [0.3, 0.4) is 0 Å². The van der Waals surface area contributed by atoms with Crippen LogP contribution in [0.2, 0.25) is 0 Å². The molecule has 1 aromatic heterocycles. The molecule has 1 aromatic carbocycles. The van der Waals surface area contributed by atoms with Crippen molar-refractivity contribution in [1.29, 1.82) is 0 Å². The van der Waals surface area contributed by atoms with Gasteiger partial charge in [0.05, 0.1) is 11.1 Å². The first kappa shape index (κ1) is 16.0. The fraction of sp³-hybridized carbons (Fsp3) is 0.286. The van der Waals surface area contributed by atoms with Crippen LogP contribution in [0.1, 0.15) is 22.8 Å². The lowest BCUT2D eigenvalue weighted by atomic mass is 10.2. The number of nitrogens with zero attached hydrogens (tertiary/aromatic N) is 3. The van der Waals surface area contributed by atoms with Gasteiger partial charge in [0.1, 0.15) is 5.56 Å². The van der Waals surface area contributed by atoms with E-state index in [1.54, 1.807) is 19.1 Å². The average molecular weight is 323 g/mol. The highest BCUT2D eigenvalue weighted by atomic mass is 32.2. The van der Waals surface area contributed by atoms with E-state index in [1.807, 2.05) is 6.92 Å². The molecule has 0 saturated heterocycles. The van der Waals surface area contributed by atoms with E-state index in [1.165, 1.54) is 23.9 Å². The number of carboxylic acids is 1. The quantitative estimate of drug-likeness (QED) is 0.903. The number of hydrogen-bond donors (Lipinski definition) is 1. The molecule has 0 radical (unpaired) electrons. The first-order valence-electron chi connectivity index (χ1n) is 6.63. The fourth-order valence-corrected chi connectivity index (χ4v) is 3.67. The predicted molar refractivity (Wildman–Crippen MR) is 81.6 cm³/mol. The van der Waals surface area contributed by atoms with Gasteiger partial charge in [0.2, 0.25) is 0 Å². The lowest BCUT2D eigenvalue weighted by molar-refractivity contribution is 0.0697. The first-order valence-corrected chi connectivity index (χ1v) is 8.07. The van der Waals surface area contributed by atoms with Gasteiger partial charge < -0.3 is 5.11 Å². The lowest BCUT2D eigenvalue weighted by Crippen LogP contribution is -2.33. The summed E-state index contributed by atoms with van der Waals surface area (Å²) in [5.74, 6) is -1.18. The van der Waals surface area contributed by atoms with Gasteiger partial charge in [-0.25, -0.2) is 17.5 Å². The van der Waals surface area contributed by atoms with Crippen LogP contribution in [0.15, 0.2) is 35.4 Å². The van der Waals surface area contributed by atoms with E-state index < -0.39 is 16.0 Å². The Morgan fingerprint density at radius 1 is 1.32 bits per heavy atom. The van der Waals surface area contributed by atoms with Gasteiger partial charge in [-0.1, -0.05) is 17.7 Å². The lowest BCUT2D eigenvalue weighted by Gasteiger charge is -2.23. The van der Waals surface area contributed by atoms with Crippen molar-refractivity contribution in [2.45, 2.75) is 18.7 Å².